The van der Waals surface area contributed by atoms with Crippen LogP contribution in [-0.4, -0.2) is 22.4 Å². The molecule has 0 aliphatic rings. The first kappa shape index (κ1) is 18.3. The van der Waals surface area contributed by atoms with Crippen LogP contribution in [0.1, 0.15) is 42.3 Å². The molecule has 0 radical (unpaired) electrons. The van der Waals surface area contributed by atoms with Gasteiger partial charge in [-0.3, -0.25) is 9.59 Å². The fourth-order valence-electron chi connectivity index (χ4n) is 2.30. The Kier molecular flexibility index (Phi) is 6.61. The highest BCUT2D eigenvalue weighted by atomic mass is 32.2. The zero-order chi connectivity index (χ0) is 17.5. The molecule has 1 amide bonds. The van der Waals surface area contributed by atoms with Crippen LogP contribution >= 0.6 is 11.8 Å². The molecule has 2 aromatic rings. The van der Waals surface area contributed by atoms with Crippen LogP contribution in [0, 0.1) is 6.92 Å². The minimum absolute atomic E-state index is 0.0628. The normalized spacial score (nSPS) is 12.0. The maximum Gasteiger partial charge on any atom is 0.255 e. The first-order chi connectivity index (χ1) is 11.5. The number of aromatic nitrogens is 2. The Balaban J connectivity index is 2.12. The predicted octanol–water partition coefficient (Wildman–Crippen LogP) is 3.00. The summed E-state index contributed by atoms with van der Waals surface area (Å²) < 4.78 is 0. The van der Waals surface area contributed by atoms with Crippen molar-refractivity contribution in [2.45, 2.75) is 44.0 Å². The number of carbonyl (C=O) groups excluding carboxylic acids is 1. The lowest BCUT2D eigenvalue weighted by Crippen LogP contribution is -2.29. The van der Waals surface area contributed by atoms with Gasteiger partial charge in [0.2, 0.25) is 5.91 Å². The van der Waals surface area contributed by atoms with Gasteiger partial charge in [-0.1, -0.05) is 49.0 Å². The molecule has 0 spiro atoms. The summed E-state index contributed by atoms with van der Waals surface area (Å²) in [5.41, 5.74) is 1.97. The van der Waals surface area contributed by atoms with Gasteiger partial charge < -0.3 is 10.3 Å². The van der Waals surface area contributed by atoms with Gasteiger partial charge in [0, 0.05) is 23.1 Å². The van der Waals surface area contributed by atoms with E-state index in [0.717, 1.165) is 6.42 Å². The van der Waals surface area contributed by atoms with Crippen molar-refractivity contribution in [3.8, 4) is 0 Å². The highest BCUT2D eigenvalue weighted by Crippen LogP contribution is 2.32. The van der Waals surface area contributed by atoms with Gasteiger partial charge in [0.15, 0.2) is 5.16 Å². The third kappa shape index (κ3) is 4.96. The van der Waals surface area contributed by atoms with Crippen LogP contribution in [0.25, 0.3) is 0 Å². The molecule has 5 nitrogen and oxygen atoms in total. The number of H-pyrrole nitrogens is 1. The van der Waals surface area contributed by atoms with Gasteiger partial charge in [0.1, 0.15) is 0 Å². The second-order valence-corrected chi connectivity index (χ2v) is 6.96. The van der Waals surface area contributed by atoms with E-state index in [0.29, 0.717) is 23.0 Å². The summed E-state index contributed by atoms with van der Waals surface area (Å²) in [7, 11) is 0. The molecule has 128 valence electrons. The smallest absolute Gasteiger partial charge is 0.255 e. The molecular weight excluding hydrogens is 322 g/mol. The standard InChI is InChI=1S/C18H23N3O2S/c1-4-10-19-16(22)11-15-12(2)20-18(21-17(15)23)24-13(3)14-8-6-5-7-9-14/h5-9,13H,4,10-11H2,1-3H3,(H,19,22)(H,20,21,23). The van der Waals surface area contributed by atoms with Gasteiger partial charge >= 0.3 is 0 Å². The van der Waals surface area contributed by atoms with E-state index >= 15 is 0 Å². The average molecular weight is 345 g/mol. The number of aromatic amines is 1. The fourth-order valence-corrected chi connectivity index (χ4v) is 3.27. The largest absolute Gasteiger partial charge is 0.356 e. The zero-order valence-electron chi connectivity index (χ0n) is 14.3. The summed E-state index contributed by atoms with van der Waals surface area (Å²) in [5.74, 6) is -0.148. The molecule has 0 saturated heterocycles. The monoisotopic (exact) mass is 345 g/mol. The molecular formula is C18H23N3O2S. The number of hydrogen-bond donors (Lipinski definition) is 2. The fraction of sp³-hybridized carbons (Fsp3) is 0.389. The summed E-state index contributed by atoms with van der Waals surface area (Å²) in [6.07, 6.45) is 0.930. The number of thioether (sulfide) groups is 1. The van der Waals surface area contributed by atoms with E-state index in [2.05, 4.69) is 34.3 Å². The molecule has 0 aliphatic heterocycles. The molecule has 0 aliphatic carbocycles. The lowest BCUT2D eigenvalue weighted by atomic mass is 10.1. The predicted molar refractivity (Wildman–Crippen MR) is 97.3 cm³/mol. The number of carbonyl (C=O) groups is 1. The second kappa shape index (κ2) is 8.68. The minimum Gasteiger partial charge on any atom is -0.356 e. The Morgan fingerprint density at radius 1 is 1.33 bits per heavy atom. The SMILES string of the molecule is CCCNC(=O)Cc1c(C)nc(SC(C)c2ccccc2)[nH]c1=O. The van der Waals surface area contributed by atoms with Gasteiger partial charge in [0.05, 0.1) is 6.42 Å². The molecule has 0 saturated carbocycles. The highest BCUT2D eigenvalue weighted by molar-refractivity contribution is 7.99. The number of benzene rings is 1. The molecule has 1 unspecified atom stereocenters. The third-order valence-electron chi connectivity index (χ3n) is 3.67. The van der Waals surface area contributed by atoms with E-state index < -0.39 is 0 Å². The molecule has 0 fully saturated rings. The van der Waals surface area contributed by atoms with Crippen molar-refractivity contribution in [1.82, 2.24) is 15.3 Å². The van der Waals surface area contributed by atoms with E-state index in [-0.39, 0.29) is 23.1 Å². The molecule has 1 heterocycles. The van der Waals surface area contributed by atoms with E-state index in [1.54, 1.807) is 6.92 Å². The van der Waals surface area contributed by atoms with Crippen LogP contribution in [0.2, 0.25) is 0 Å². The molecule has 0 bridgehead atoms. The van der Waals surface area contributed by atoms with E-state index in [9.17, 15) is 9.59 Å². The van der Waals surface area contributed by atoms with Gasteiger partial charge in [-0.25, -0.2) is 4.98 Å². The maximum atomic E-state index is 12.3. The van der Waals surface area contributed by atoms with Crippen molar-refractivity contribution < 1.29 is 4.79 Å². The summed E-state index contributed by atoms with van der Waals surface area (Å²) in [6, 6.07) is 10.1. The Morgan fingerprint density at radius 3 is 2.67 bits per heavy atom. The van der Waals surface area contributed by atoms with E-state index in [1.807, 2.05) is 25.1 Å². The molecule has 1 atom stereocenters. The summed E-state index contributed by atoms with van der Waals surface area (Å²) in [6.45, 7) is 6.45. The van der Waals surface area contributed by atoms with Gasteiger partial charge in [-0.15, -0.1) is 0 Å². The van der Waals surface area contributed by atoms with Crippen molar-refractivity contribution in [2.24, 2.45) is 0 Å². The lowest BCUT2D eigenvalue weighted by molar-refractivity contribution is -0.120. The van der Waals surface area contributed by atoms with Crippen LogP contribution in [0.5, 0.6) is 0 Å². The number of nitrogens with one attached hydrogen (secondary N) is 2. The van der Waals surface area contributed by atoms with Crippen LogP contribution in [0.3, 0.4) is 0 Å². The minimum atomic E-state index is -0.239. The number of aryl methyl sites for hydroxylation is 1. The van der Waals surface area contributed by atoms with Crippen molar-refractivity contribution in [3.05, 3.63) is 57.5 Å². The number of rotatable bonds is 7. The first-order valence-electron chi connectivity index (χ1n) is 8.09. The molecule has 24 heavy (non-hydrogen) atoms. The van der Waals surface area contributed by atoms with Crippen molar-refractivity contribution in [1.29, 1.82) is 0 Å². The van der Waals surface area contributed by atoms with Gasteiger partial charge in [0.25, 0.3) is 5.56 Å². The zero-order valence-corrected chi connectivity index (χ0v) is 15.1. The van der Waals surface area contributed by atoms with Crippen molar-refractivity contribution in [3.63, 3.8) is 0 Å². The van der Waals surface area contributed by atoms with Crippen LogP contribution in [0.4, 0.5) is 0 Å². The maximum absolute atomic E-state index is 12.3. The molecule has 1 aromatic heterocycles. The number of amides is 1. The Hall–Kier alpha value is -2.08. The second-order valence-electron chi connectivity index (χ2n) is 5.63. The van der Waals surface area contributed by atoms with Gasteiger partial charge in [-0.2, -0.15) is 0 Å². The Labute approximate surface area is 146 Å². The highest BCUT2D eigenvalue weighted by Gasteiger charge is 2.14. The molecule has 6 heteroatoms. The number of nitrogens with zero attached hydrogens (tertiary/aromatic N) is 1. The third-order valence-corrected chi connectivity index (χ3v) is 4.71. The lowest BCUT2D eigenvalue weighted by Gasteiger charge is -2.12. The average Bonchev–Trinajstić information content (AvgIpc) is 2.57. The number of hydrogen-bond acceptors (Lipinski definition) is 4. The summed E-state index contributed by atoms with van der Waals surface area (Å²) in [5, 5.41) is 3.53. The first-order valence-corrected chi connectivity index (χ1v) is 8.97. The summed E-state index contributed by atoms with van der Waals surface area (Å²) in [4.78, 5) is 31.4. The van der Waals surface area contributed by atoms with E-state index in [4.69, 9.17) is 0 Å². The molecule has 1 aromatic carbocycles. The Bertz CT molecular complexity index is 744. The van der Waals surface area contributed by atoms with Crippen molar-refractivity contribution >= 4 is 17.7 Å². The van der Waals surface area contributed by atoms with Crippen LogP contribution in [0.15, 0.2) is 40.3 Å². The van der Waals surface area contributed by atoms with Crippen molar-refractivity contribution in [2.75, 3.05) is 6.54 Å². The van der Waals surface area contributed by atoms with E-state index in [1.165, 1.54) is 17.3 Å². The Morgan fingerprint density at radius 2 is 2.04 bits per heavy atom. The summed E-state index contributed by atoms with van der Waals surface area (Å²) >= 11 is 1.50. The molecule has 2 rings (SSSR count). The van der Waals surface area contributed by atoms with Crippen LogP contribution < -0.4 is 10.9 Å². The van der Waals surface area contributed by atoms with Gasteiger partial charge in [-0.05, 0) is 25.8 Å². The molecule has 2 N–H and O–H groups in total. The van der Waals surface area contributed by atoms with Crippen LogP contribution in [-0.2, 0) is 11.2 Å². The quantitative estimate of drug-likeness (QED) is 0.597. The topological polar surface area (TPSA) is 74.8 Å².